The molecule has 3 rings (SSSR count). The van der Waals surface area contributed by atoms with Gasteiger partial charge in [-0.05, 0) is 18.9 Å². The van der Waals surface area contributed by atoms with E-state index in [0.717, 1.165) is 21.5 Å². The molecule has 1 aromatic heterocycles. The van der Waals surface area contributed by atoms with E-state index < -0.39 is 0 Å². The van der Waals surface area contributed by atoms with Crippen LogP contribution in [0.3, 0.4) is 0 Å². The van der Waals surface area contributed by atoms with Crippen molar-refractivity contribution in [2.45, 2.75) is 38.1 Å². The SMILES string of the molecule is Nc1cc(-c2ccccc2Br)nn1C1CCCCC1. The zero-order chi connectivity index (χ0) is 13.2. The Hall–Kier alpha value is -1.29. The van der Waals surface area contributed by atoms with Crippen molar-refractivity contribution in [2.24, 2.45) is 0 Å². The summed E-state index contributed by atoms with van der Waals surface area (Å²) >= 11 is 3.57. The predicted octanol–water partition coefficient (Wildman–Crippen LogP) is 4.40. The molecule has 0 radical (unpaired) electrons. The minimum atomic E-state index is 0.477. The van der Waals surface area contributed by atoms with Crippen molar-refractivity contribution in [3.8, 4) is 11.3 Å². The molecule has 0 amide bonds. The van der Waals surface area contributed by atoms with E-state index in [2.05, 4.69) is 22.0 Å². The molecule has 3 nitrogen and oxygen atoms in total. The van der Waals surface area contributed by atoms with Crippen molar-refractivity contribution in [1.82, 2.24) is 9.78 Å². The number of nitrogen functional groups attached to an aromatic ring is 1. The highest BCUT2D eigenvalue weighted by atomic mass is 79.9. The van der Waals surface area contributed by atoms with Crippen LogP contribution in [0.2, 0.25) is 0 Å². The highest BCUT2D eigenvalue weighted by Crippen LogP contribution is 2.33. The highest BCUT2D eigenvalue weighted by Gasteiger charge is 2.19. The van der Waals surface area contributed by atoms with Crippen LogP contribution in [0, 0.1) is 0 Å². The molecule has 2 N–H and O–H groups in total. The van der Waals surface area contributed by atoms with E-state index in [-0.39, 0.29) is 0 Å². The standard InChI is InChI=1S/C15H18BrN3/c16-13-9-5-4-8-12(13)14-10-15(17)19(18-14)11-6-2-1-3-7-11/h4-5,8-11H,1-3,6-7,17H2. The first-order chi connectivity index (χ1) is 9.25. The summed E-state index contributed by atoms with van der Waals surface area (Å²) in [7, 11) is 0. The zero-order valence-electron chi connectivity index (χ0n) is 10.8. The molecule has 0 saturated heterocycles. The predicted molar refractivity (Wildman–Crippen MR) is 81.9 cm³/mol. The molecular formula is C15H18BrN3. The first-order valence-electron chi connectivity index (χ1n) is 6.85. The summed E-state index contributed by atoms with van der Waals surface area (Å²) < 4.78 is 3.08. The van der Waals surface area contributed by atoms with Gasteiger partial charge in [-0.2, -0.15) is 5.10 Å². The van der Waals surface area contributed by atoms with Gasteiger partial charge in [0, 0.05) is 16.1 Å². The van der Waals surface area contributed by atoms with Crippen molar-refractivity contribution in [1.29, 1.82) is 0 Å². The second kappa shape index (κ2) is 5.37. The Morgan fingerprint density at radius 2 is 1.89 bits per heavy atom. The largest absolute Gasteiger partial charge is 0.384 e. The third-order valence-corrected chi connectivity index (χ3v) is 4.53. The lowest BCUT2D eigenvalue weighted by molar-refractivity contribution is 0.333. The summed E-state index contributed by atoms with van der Waals surface area (Å²) in [5.41, 5.74) is 8.20. The molecule has 1 aromatic carbocycles. The maximum absolute atomic E-state index is 6.14. The fourth-order valence-electron chi connectivity index (χ4n) is 2.83. The van der Waals surface area contributed by atoms with E-state index in [0.29, 0.717) is 6.04 Å². The summed E-state index contributed by atoms with van der Waals surface area (Å²) in [4.78, 5) is 0. The lowest BCUT2D eigenvalue weighted by Crippen LogP contribution is -2.16. The first-order valence-corrected chi connectivity index (χ1v) is 7.65. The summed E-state index contributed by atoms with van der Waals surface area (Å²) in [5.74, 6) is 0.776. The third-order valence-electron chi connectivity index (χ3n) is 3.83. The second-order valence-electron chi connectivity index (χ2n) is 5.17. The lowest BCUT2D eigenvalue weighted by Gasteiger charge is -2.22. The van der Waals surface area contributed by atoms with Crippen LogP contribution >= 0.6 is 15.9 Å². The fourth-order valence-corrected chi connectivity index (χ4v) is 3.32. The van der Waals surface area contributed by atoms with E-state index in [1.165, 1.54) is 32.1 Å². The van der Waals surface area contributed by atoms with Gasteiger partial charge >= 0.3 is 0 Å². The molecule has 1 heterocycles. The minimum Gasteiger partial charge on any atom is -0.384 e. The minimum absolute atomic E-state index is 0.477. The normalized spacial score (nSPS) is 16.7. The van der Waals surface area contributed by atoms with Gasteiger partial charge in [0.1, 0.15) is 5.82 Å². The van der Waals surface area contributed by atoms with Gasteiger partial charge in [0.2, 0.25) is 0 Å². The number of halogens is 1. The zero-order valence-corrected chi connectivity index (χ0v) is 12.4. The molecule has 1 saturated carbocycles. The molecule has 0 unspecified atom stereocenters. The van der Waals surface area contributed by atoms with Gasteiger partial charge in [0.15, 0.2) is 0 Å². The van der Waals surface area contributed by atoms with Crippen molar-refractivity contribution in [2.75, 3.05) is 5.73 Å². The number of rotatable bonds is 2. The third kappa shape index (κ3) is 2.54. The Balaban J connectivity index is 1.95. The van der Waals surface area contributed by atoms with E-state index in [1.807, 2.05) is 28.9 Å². The monoisotopic (exact) mass is 319 g/mol. The molecule has 1 aliphatic carbocycles. The van der Waals surface area contributed by atoms with Crippen LogP contribution in [0.1, 0.15) is 38.1 Å². The van der Waals surface area contributed by atoms with Crippen LogP contribution < -0.4 is 5.73 Å². The molecule has 4 heteroatoms. The lowest BCUT2D eigenvalue weighted by atomic mass is 9.96. The molecule has 100 valence electrons. The summed E-state index contributed by atoms with van der Waals surface area (Å²) in [6.45, 7) is 0. The molecule has 1 fully saturated rings. The van der Waals surface area contributed by atoms with Gasteiger partial charge in [0.05, 0.1) is 11.7 Å². The molecule has 0 spiro atoms. The van der Waals surface area contributed by atoms with Crippen molar-refractivity contribution < 1.29 is 0 Å². The van der Waals surface area contributed by atoms with E-state index in [1.54, 1.807) is 0 Å². The van der Waals surface area contributed by atoms with Gasteiger partial charge in [0.25, 0.3) is 0 Å². The van der Waals surface area contributed by atoms with Crippen LogP contribution in [0.4, 0.5) is 5.82 Å². The Kier molecular flexibility index (Phi) is 3.60. The number of hydrogen-bond acceptors (Lipinski definition) is 2. The molecule has 0 aliphatic heterocycles. The Morgan fingerprint density at radius 1 is 1.16 bits per heavy atom. The van der Waals surface area contributed by atoms with E-state index >= 15 is 0 Å². The smallest absolute Gasteiger partial charge is 0.122 e. The summed E-state index contributed by atoms with van der Waals surface area (Å²) in [5, 5.41) is 4.73. The fraction of sp³-hybridized carbons (Fsp3) is 0.400. The molecule has 19 heavy (non-hydrogen) atoms. The van der Waals surface area contributed by atoms with Crippen molar-refractivity contribution in [3.63, 3.8) is 0 Å². The van der Waals surface area contributed by atoms with Crippen LogP contribution in [0.5, 0.6) is 0 Å². The van der Waals surface area contributed by atoms with Crippen molar-refractivity contribution >= 4 is 21.7 Å². The Morgan fingerprint density at radius 3 is 2.63 bits per heavy atom. The Bertz CT molecular complexity index is 571. The molecular weight excluding hydrogens is 302 g/mol. The molecule has 1 aliphatic rings. The topological polar surface area (TPSA) is 43.8 Å². The van der Waals surface area contributed by atoms with Crippen molar-refractivity contribution in [3.05, 3.63) is 34.8 Å². The van der Waals surface area contributed by atoms with Gasteiger partial charge in [-0.25, -0.2) is 4.68 Å². The van der Waals surface area contributed by atoms with Gasteiger partial charge in [-0.3, -0.25) is 0 Å². The number of nitrogens with two attached hydrogens (primary N) is 1. The number of nitrogens with zero attached hydrogens (tertiary/aromatic N) is 2. The number of hydrogen-bond donors (Lipinski definition) is 1. The molecule has 0 bridgehead atoms. The summed E-state index contributed by atoms with van der Waals surface area (Å²) in [6, 6.07) is 10.6. The average molecular weight is 320 g/mol. The maximum Gasteiger partial charge on any atom is 0.122 e. The Labute approximate surface area is 121 Å². The number of aromatic nitrogens is 2. The molecule has 2 aromatic rings. The summed E-state index contributed by atoms with van der Waals surface area (Å²) in [6.07, 6.45) is 6.31. The quantitative estimate of drug-likeness (QED) is 0.891. The van der Waals surface area contributed by atoms with Gasteiger partial charge in [-0.1, -0.05) is 53.4 Å². The first kappa shape index (κ1) is 12.7. The van der Waals surface area contributed by atoms with Gasteiger partial charge in [-0.15, -0.1) is 0 Å². The van der Waals surface area contributed by atoms with E-state index in [4.69, 9.17) is 10.8 Å². The van der Waals surface area contributed by atoms with Gasteiger partial charge < -0.3 is 5.73 Å². The number of benzene rings is 1. The van der Waals surface area contributed by atoms with Crippen LogP contribution in [-0.4, -0.2) is 9.78 Å². The molecule has 0 atom stereocenters. The van der Waals surface area contributed by atoms with Crippen LogP contribution in [0.25, 0.3) is 11.3 Å². The average Bonchev–Trinajstić information content (AvgIpc) is 2.82. The second-order valence-corrected chi connectivity index (χ2v) is 6.03. The van der Waals surface area contributed by atoms with Crippen LogP contribution in [-0.2, 0) is 0 Å². The maximum atomic E-state index is 6.14. The van der Waals surface area contributed by atoms with Crippen LogP contribution in [0.15, 0.2) is 34.8 Å². The number of anilines is 1. The highest BCUT2D eigenvalue weighted by molar-refractivity contribution is 9.10. The van der Waals surface area contributed by atoms with E-state index in [9.17, 15) is 0 Å².